The summed E-state index contributed by atoms with van der Waals surface area (Å²) in [5, 5.41) is 0. The Hall–Kier alpha value is -0.860. The van der Waals surface area contributed by atoms with E-state index < -0.39 is 0 Å². The van der Waals surface area contributed by atoms with Crippen LogP contribution in [-0.4, -0.2) is 30.3 Å². The Balaban J connectivity index is 2.84. The Morgan fingerprint density at radius 3 is 2.58 bits per heavy atom. The lowest BCUT2D eigenvalue weighted by atomic mass is 9.94. The van der Waals surface area contributed by atoms with Crippen LogP contribution in [0.2, 0.25) is 0 Å². The molecule has 0 N–H and O–H groups in total. The molecule has 68 valence electrons. The van der Waals surface area contributed by atoms with Crippen LogP contribution in [0, 0.1) is 5.41 Å². The Morgan fingerprint density at radius 2 is 2.17 bits per heavy atom. The molecule has 3 heteroatoms. The lowest BCUT2D eigenvalue weighted by molar-refractivity contribution is 0.391. The first kappa shape index (κ1) is 9.23. The fourth-order valence-electron chi connectivity index (χ4n) is 1.30. The van der Waals surface area contributed by atoms with Crippen molar-refractivity contribution in [1.82, 2.24) is 4.90 Å². The largest absolute Gasteiger partial charge is 0.340 e. The second-order valence-electron chi connectivity index (χ2n) is 4.00. The summed E-state index contributed by atoms with van der Waals surface area (Å²) < 4.78 is 0. The van der Waals surface area contributed by atoms with E-state index in [1.165, 1.54) is 0 Å². The predicted molar refractivity (Wildman–Crippen MR) is 52.6 cm³/mol. The van der Waals surface area contributed by atoms with Crippen molar-refractivity contribution in [2.75, 3.05) is 13.2 Å². The van der Waals surface area contributed by atoms with Crippen LogP contribution >= 0.6 is 0 Å². The minimum Gasteiger partial charge on any atom is -0.340 e. The number of rotatable bonds is 1. The van der Waals surface area contributed by atoms with E-state index in [4.69, 9.17) is 0 Å². The lowest BCUT2D eigenvalue weighted by Gasteiger charge is -2.32. The van der Waals surface area contributed by atoms with Gasteiger partial charge in [0.15, 0.2) is 0 Å². The highest BCUT2D eigenvalue weighted by molar-refractivity contribution is 5.93. The molecule has 0 saturated heterocycles. The fourth-order valence-corrected chi connectivity index (χ4v) is 1.30. The number of hydrogen-bond acceptors (Lipinski definition) is 3. The second-order valence-corrected chi connectivity index (χ2v) is 4.00. The van der Waals surface area contributed by atoms with Gasteiger partial charge in [0.25, 0.3) is 0 Å². The van der Waals surface area contributed by atoms with E-state index in [0.29, 0.717) is 0 Å². The minimum absolute atomic E-state index is 0.127. The summed E-state index contributed by atoms with van der Waals surface area (Å²) in [5.41, 5.74) is 0.127. The molecule has 0 spiro atoms. The zero-order chi connectivity index (χ0) is 9.19. The van der Waals surface area contributed by atoms with Crippen molar-refractivity contribution in [2.45, 2.75) is 27.7 Å². The van der Waals surface area contributed by atoms with Crippen LogP contribution in [-0.2, 0) is 0 Å². The maximum Gasteiger partial charge on any atom is 0.114 e. The van der Waals surface area contributed by atoms with Crippen LogP contribution in [0.1, 0.15) is 27.7 Å². The van der Waals surface area contributed by atoms with Crippen molar-refractivity contribution in [1.29, 1.82) is 0 Å². The van der Waals surface area contributed by atoms with Gasteiger partial charge in [0, 0.05) is 12.0 Å². The Labute approximate surface area is 74.2 Å². The molecule has 0 unspecified atom stereocenters. The summed E-state index contributed by atoms with van der Waals surface area (Å²) in [6.45, 7) is 10.4. The van der Waals surface area contributed by atoms with Gasteiger partial charge in [0.2, 0.25) is 0 Å². The number of amidine groups is 1. The number of aliphatic imine (C=N–C) groups is 2. The van der Waals surface area contributed by atoms with Gasteiger partial charge in [-0.15, -0.1) is 0 Å². The third kappa shape index (κ3) is 1.84. The van der Waals surface area contributed by atoms with E-state index in [-0.39, 0.29) is 5.41 Å². The molecule has 3 nitrogen and oxygen atoms in total. The van der Waals surface area contributed by atoms with Crippen LogP contribution in [0.5, 0.6) is 0 Å². The van der Waals surface area contributed by atoms with Crippen molar-refractivity contribution < 1.29 is 0 Å². The van der Waals surface area contributed by atoms with Crippen LogP contribution in [0.25, 0.3) is 0 Å². The molecule has 1 aliphatic rings. The molecule has 1 aliphatic heterocycles. The smallest absolute Gasteiger partial charge is 0.114 e. The standard InChI is InChI=1S/C9H17N3/c1-5-12-7-10-6-11-8(12)9(2,3)4/h6H,5,7H2,1-4H3. The van der Waals surface area contributed by atoms with E-state index in [1.807, 2.05) is 0 Å². The van der Waals surface area contributed by atoms with Crippen LogP contribution in [0.3, 0.4) is 0 Å². The molecule has 0 radical (unpaired) electrons. The van der Waals surface area contributed by atoms with Crippen molar-refractivity contribution >= 4 is 12.2 Å². The molecule has 0 saturated carbocycles. The minimum atomic E-state index is 0.127. The summed E-state index contributed by atoms with van der Waals surface area (Å²) >= 11 is 0. The van der Waals surface area contributed by atoms with Crippen LogP contribution in [0.4, 0.5) is 0 Å². The molecule has 0 aliphatic carbocycles. The molecule has 1 heterocycles. The molecule has 0 bridgehead atoms. The van der Waals surface area contributed by atoms with Crippen LogP contribution < -0.4 is 0 Å². The first-order chi connectivity index (χ1) is 5.55. The maximum absolute atomic E-state index is 4.30. The summed E-state index contributed by atoms with van der Waals surface area (Å²) in [7, 11) is 0. The topological polar surface area (TPSA) is 28.0 Å². The highest BCUT2D eigenvalue weighted by atomic mass is 15.3. The van der Waals surface area contributed by atoms with Gasteiger partial charge in [-0.25, -0.2) is 4.99 Å². The van der Waals surface area contributed by atoms with Gasteiger partial charge in [-0.3, -0.25) is 4.99 Å². The molecule has 12 heavy (non-hydrogen) atoms. The maximum atomic E-state index is 4.30. The molecule has 1 rings (SSSR count). The molecular weight excluding hydrogens is 150 g/mol. The first-order valence-corrected chi connectivity index (χ1v) is 4.37. The van der Waals surface area contributed by atoms with Gasteiger partial charge in [-0.1, -0.05) is 20.8 Å². The summed E-state index contributed by atoms with van der Waals surface area (Å²) in [6.07, 6.45) is 1.66. The molecule has 0 aromatic rings. The van der Waals surface area contributed by atoms with Crippen molar-refractivity contribution in [2.24, 2.45) is 15.4 Å². The fraction of sp³-hybridized carbons (Fsp3) is 0.778. The highest BCUT2D eigenvalue weighted by Crippen LogP contribution is 2.19. The molecule has 0 fully saturated rings. The SMILES string of the molecule is CCN1CN=CN=C1C(C)(C)C. The highest BCUT2D eigenvalue weighted by Gasteiger charge is 2.24. The number of nitrogens with zero attached hydrogens (tertiary/aromatic N) is 3. The quantitative estimate of drug-likeness (QED) is 0.584. The van der Waals surface area contributed by atoms with E-state index in [9.17, 15) is 0 Å². The Bertz CT molecular complexity index is 210. The third-order valence-corrected chi connectivity index (χ3v) is 1.87. The predicted octanol–water partition coefficient (Wildman–Crippen LogP) is 1.75. The molecule has 0 amide bonds. The summed E-state index contributed by atoms with van der Waals surface area (Å²) in [5.74, 6) is 1.14. The monoisotopic (exact) mass is 167 g/mol. The second kappa shape index (κ2) is 3.25. The zero-order valence-electron chi connectivity index (χ0n) is 8.33. The molecule has 0 aromatic carbocycles. The molecular formula is C9H17N3. The average Bonchev–Trinajstić information content (AvgIpc) is 2.03. The van der Waals surface area contributed by atoms with Gasteiger partial charge < -0.3 is 4.90 Å². The Morgan fingerprint density at radius 1 is 1.50 bits per heavy atom. The average molecular weight is 167 g/mol. The third-order valence-electron chi connectivity index (χ3n) is 1.87. The van der Waals surface area contributed by atoms with Gasteiger partial charge >= 0.3 is 0 Å². The zero-order valence-corrected chi connectivity index (χ0v) is 8.33. The van der Waals surface area contributed by atoms with E-state index in [0.717, 1.165) is 19.0 Å². The van der Waals surface area contributed by atoms with Crippen molar-refractivity contribution in [3.05, 3.63) is 0 Å². The summed E-state index contributed by atoms with van der Waals surface area (Å²) in [4.78, 5) is 10.6. The summed E-state index contributed by atoms with van der Waals surface area (Å²) in [6, 6.07) is 0. The molecule has 0 aromatic heterocycles. The van der Waals surface area contributed by atoms with E-state index in [2.05, 4.69) is 42.6 Å². The van der Waals surface area contributed by atoms with Crippen LogP contribution in [0.15, 0.2) is 9.98 Å². The Kier molecular flexibility index (Phi) is 2.50. The van der Waals surface area contributed by atoms with Crippen molar-refractivity contribution in [3.63, 3.8) is 0 Å². The lowest BCUT2D eigenvalue weighted by Crippen LogP contribution is -2.41. The number of hydrogen-bond donors (Lipinski definition) is 0. The first-order valence-electron chi connectivity index (χ1n) is 4.37. The molecule has 0 atom stereocenters. The van der Waals surface area contributed by atoms with E-state index in [1.54, 1.807) is 6.34 Å². The van der Waals surface area contributed by atoms with Gasteiger partial charge in [-0.2, -0.15) is 0 Å². The van der Waals surface area contributed by atoms with Gasteiger partial charge in [0.05, 0.1) is 0 Å². The normalized spacial score (nSPS) is 18.0. The van der Waals surface area contributed by atoms with Crippen molar-refractivity contribution in [3.8, 4) is 0 Å². The van der Waals surface area contributed by atoms with Gasteiger partial charge in [0.1, 0.15) is 18.8 Å². The van der Waals surface area contributed by atoms with Gasteiger partial charge in [-0.05, 0) is 6.92 Å². The van der Waals surface area contributed by atoms with E-state index >= 15 is 0 Å².